The van der Waals surface area contributed by atoms with E-state index in [9.17, 15) is 22.4 Å². The largest absolute Gasteiger partial charge is 0.326 e. The van der Waals surface area contributed by atoms with Crippen molar-refractivity contribution in [2.24, 2.45) is 0 Å². The van der Waals surface area contributed by atoms with Crippen LogP contribution in [0.25, 0.3) is 11.1 Å². The molecule has 1 atom stereocenters. The fourth-order valence-corrected chi connectivity index (χ4v) is 5.10. The molecule has 3 aromatic rings. The summed E-state index contributed by atoms with van der Waals surface area (Å²) >= 11 is 5.70. The Morgan fingerprint density at radius 1 is 1.21 bits per heavy atom. The van der Waals surface area contributed by atoms with Crippen molar-refractivity contribution in [2.75, 3.05) is 27.7 Å². The standard InChI is InChI=1S/C26H27ClFN5O4S/c1-3-16-13-17(19-7-4-5-8-21(19)32-38(2,36)37)10-11-23(16)33-12-6-9-22(25(33)34)30-26(35)31-24-20(28)14-18(27)15-29-24/h4-5,7-8,10-11,13-15,22,32H,3,6,9,12H2,1-2H3,(H2,29,30,31,35)/t22-/m1/s1. The predicted octanol–water partition coefficient (Wildman–Crippen LogP) is 4.79. The number of para-hydroxylation sites is 1. The molecule has 3 amide bonds. The molecule has 38 heavy (non-hydrogen) atoms. The van der Waals surface area contributed by atoms with Crippen LogP contribution >= 0.6 is 11.6 Å². The summed E-state index contributed by atoms with van der Waals surface area (Å²) in [5.74, 6) is -1.36. The number of anilines is 3. The number of hydrogen-bond acceptors (Lipinski definition) is 5. The molecule has 1 aliphatic rings. The molecule has 1 fully saturated rings. The SMILES string of the molecule is CCc1cc(-c2ccccc2NS(C)(=O)=O)ccc1N1CCC[C@@H](NC(=O)Nc2ncc(Cl)cc2F)C1=O. The zero-order valence-electron chi connectivity index (χ0n) is 20.8. The predicted molar refractivity (Wildman–Crippen MR) is 146 cm³/mol. The minimum absolute atomic E-state index is 0.0967. The molecule has 9 nitrogen and oxygen atoms in total. The number of carbonyl (C=O) groups is 2. The first-order chi connectivity index (χ1) is 18.1. The van der Waals surface area contributed by atoms with E-state index < -0.39 is 27.9 Å². The normalized spacial score (nSPS) is 15.7. The first kappa shape index (κ1) is 27.3. The van der Waals surface area contributed by atoms with Gasteiger partial charge in [0.05, 0.1) is 17.0 Å². The molecule has 0 unspecified atom stereocenters. The zero-order valence-corrected chi connectivity index (χ0v) is 22.4. The molecule has 0 radical (unpaired) electrons. The molecule has 0 spiro atoms. The van der Waals surface area contributed by atoms with Crippen molar-refractivity contribution in [3.63, 3.8) is 0 Å². The van der Waals surface area contributed by atoms with Crippen LogP contribution in [0.3, 0.4) is 0 Å². The Labute approximate surface area is 225 Å². The van der Waals surface area contributed by atoms with Gasteiger partial charge < -0.3 is 10.2 Å². The van der Waals surface area contributed by atoms with Crippen LogP contribution in [0.2, 0.25) is 5.02 Å². The maximum Gasteiger partial charge on any atom is 0.321 e. The van der Waals surface area contributed by atoms with Crippen molar-refractivity contribution in [1.29, 1.82) is 0 Å². The van der Waals surface area contributed by atoms with Crippen LogP contribution in [0.5, 0.6) is 0 Å². The lowest BCUT2D eigenvalue weighted by molar-refractivity contribution is -0.121. The number of urea groups is 1. The molecule has 0 aliphatic carbocycles. The number of halogens is 2. The van der Waals surface area contributed by atoms with E-state index in [1.54, 1.807) is 17.0 Å². The summed E-state index contributed by atoms with van der Waals surface area (Å²) in [6.45, 7) is 2.44. The van der Waals surface area contributed by atoms with Crippen molar-refractivity contribution in [3.05, 3.63) is 71.1 Å². The second-order valence-electron chi connectivity index (χ2n) is 8.88. The third kappa shape index (κ3) is 6.40. The summed E-state index contributed by atoms with van der Waals surface area (Å²) in [4.78, 5) is 31.2. The van der Waals surface area contributed by atoms with Gasteiger partial charge in [-0.05, 0) is 54.7 Å². The molecular formula is C26H27ClFN5O4S. The highest BCUT2D eigenvalue weighted by Gasteiger charge is 2.32. The highest BCUT2D eigenvalue weighted by atomic mass is 35.5. The topological polar surface area (TPSA) is 120 Å². The number of benzene rings is 2. The van der Waals surface area contributed by atoms with E-state index in [0.29, 0.717) is 42.7 Å². The van der Waals surface area contributed by atoms with Crippen molar-refractivity contribution in [3.8, 4) is 11.1 Å². The van der Waals surface area contributed by atoms with Gasteiger partial charge in [0.25, 0.3) is 0 Å². The Kier molecular flexibility index (Phi) is 8.17. The number of rotatable bonds is 7. The van der Waals surface area contributed by atoms with Crippen molar-refractivity contribution in [2.45, 2.75) is 32.2 Å². The lowest BCUT2D eigenvalue weighted by atomic mass is 9.97. The molecule has 2 heterocycles. The molecule has 200 valence electrons. The number of carbonyl (C=O) groups excluding carboxylic acids is 2. The summed E-state index contributed by atoms with van der Waals surface area (Å²) in [6.07, 6.45) is 4.01. The van der Waals surface area contributed by atoms with Gasteiger partial charge in [-0.2, -0.15) is 0 Å². The number of pyridine rings is 1. The quantitative estimate of drug-likeness (QED) is 0.384. The first-order valence-corrected chi connectivity index (χ1v) is 14.2. The fraction of sp³-hybridized carbons (Fsp3) is 0.269. The van der Waals surface area contributed by atoms with Gasteiger partial charge in [0.2, 0.25) is 15.9 Å². The van der Waals surface area contributed by atoms with Gasteiger partial charge in [0, 0.05) is 24.0 Å². The molecule has 0 bridgehead atoms. The second-order valence-corrected chi connectivity index (χ2v) is 11.1. The average Bonchev–Trinajstić information content (AvgIpc) is 2.86. The van der Waals surface area contributed by atoms with Gasteiger partial charge in [-0.3, -0.25) is 14.8 Å². The summed E-state index contributed by atoms with van der Waals surface area (Å²) < 4.78 is 40.2. The third-order valence-corrected chi connectivity index (χ3v) is 6.87. The molecule has 12 heteroatoms. The maximum atomic E-state index is 14.0. The van der Waals surface area contributed by atoms with Gasteiger partial charge in [0.15, 0.2) is 11.6 Å². The molecule has 4 rings (SSSR count). The Hall–Kier alpha value is -3.70. The Morgan fingerprint density at radius 2 is 1.97 bits per heavy atom. The minimum Gasteiger partial charge on any atom is -0.326 e. The maximum absolute atomic E-state index is 14.0. The van der Waals surface area contributed by atoms with E-state index in [1.165, 1.54) is 6.20 Å². The van der Waals surface area contributed by atoms with Gasteiger partial charge in [-0.15, -0.1) is 0 Å². The van der Waals surface area contributed by atoms with Crippen molar-refractivity contribution < 1.29 is 22.4 Å². The summed E-state index contributed by atoms with van der Waals surface area (Å²) in [5, 5.41) is 5.03. The first-order valence-electron chi connectivity index (χ1n) is 12.0. The summed E-state index contributed by atoms with van der Waals surface area (Å²) in [7, 11) is -3.47. The molecule has 3 N–H and O–H groups in total. The number of nitrogens with zero attached hydrogens (tertiary/aromatic N) is 2. The summed E-state index contributed by atoms with van der Waals surface area (Å²) in [6, 6.07) is 12.2. The van der Waals surface area contributed by atoms with Gasteiger partial charge in [-0.25, -0.2) is 22.6 Å². The number of sulfonamides is 1. The van der Waals surface area contributed by atoms with E-state index in [-0.39, 0.29) is 16.7 Å². The third-order valence-electron chi connectivity index (χ3n) is 6.07. The highest BCUT2D eigenvalue weighted by molar-refractivity contribution is 7.92. The van der Waals surface area contributed by atoms with Crippen LogP contribution < -0.4 is 20.3 Å². The number of amides is 3. The monoisotopic (exact) mass is 559 g/mol. The molecule has 1 aliphatic heterocycles. The van der Waals surface area contributed by atoms with Crippen LogP contribution in [0.1, 0.15) is 25.3 Å². The van der Waals surface area contributed by atoms with E-state index in [2.05, 4.69) is 20.3 Å². The van der Waals surface area contributed by atoms with E-state index >= 15 is 0 Å². The average molecular weight is 560 g/mol. The number of aromatic nitrogens is 1. The van der Waals surface area contributed by atoms with Gasteiger partial charge >= 0.3 is 6.03 Å². The number of piperidine rings is 1. The van der Waals surface area contributed by atoms with E-state index in [0.717, 1.165) is 23.4 Å². The van der Waals surface area contributed by atoms with Crippen molar-refractivity contribution >= 4 is 50.8 Å². The minimum atomic E-state index is -3.47. The Bertz CT molecular complexity index is 1480. The summed E-state index contributed by atoms with van der Waals surface area (Å²) in [5.41, 5.74) is 3.58. The second kappa shape index (κ2) is 11.4. The van der Waals surface area contributed by atoms with Gasteiger partial charge in [0.1, 0.15) is 6.04 Å². The van der Waals surface area contributed by atoms with Crippen LogP contribution in [0.4, 0.5) is 26.4 Å². The van der Waals surface area contributed by atoms with Crippen LogP contribution in [0, 0.1) is 5.82 Å². The highest BCUT2D eigenvalue weighted by Crippen LogP contribution is 2.34. The molecule has 2 aromatic carbocycles. The van der Waals surface area contributed by atoms with E-state index in [4.69, 9.17) is 11.6 Å². The fourth-order valence-electron chi connectivity index (χ4n) is 4.38. The Morgan fingerprint density at radius 3 is 2.68 bits per heavy atom. The smallest absolute Gasteiger partial charge is 0.321 e. The van der Waals surface area contributed by atoms with Crippen LogP contribution in [-0.4, -0.2) is 44.2 Å². The lowest BCUT2D eigenvalue weighted by Gasteiger charge is -2.34. The number of aryl methyl sites for hydroxylation is 1. The zero-order chi connectivity index (χ0) is 27.4. The lowest BCUT2D eigenvalue weighted by Crippen LogP contribution is -2.53. The number of nitrogens with one attached hydrogen (secondary N) is 3. The van der Waals surface area contributed by atoms with Crippen LogP contribution in [-0.2, 0) is 21.2 Å². The Balaban J connectivity index is 1.54. The van der Waals surface area contributed by atoms with Crippen LogP contribution in [0.15, 0.2) is 54.7 Å². The molecule has 1 aromatic heterocycles. The molecule has 0 saturated carbocycles. The van der Waals surface area contributed by atoms with Gasteiger partial charge in [-0.1, -0.05) is 42.8 Å². The number of hydrogen-bond donors (Lipinski definition) is 3. The molecule has 1 saturated heterocycles. The molecular weight excluding hydrogens is 533 g/mol. The van der Waals surface area contributed by atoms with E-state index in [1.807, 2.05) is 37.3 Å². The van der Waals surface area contributed by atoms with Crippen molar-refractivity contribution in [1.82, 2.24) is 10.3 Å².